The molecule has 0 aliphatic carbocycles. The molecule has 1 aromatic rings. The molecule has 0 aliphatic heterocycles. The summed E-state index contributed by atoms with van der Waals surface area (Å²) >= 11 is 0. The van der Waals surface area contributed by atoms with Crippen LogP contribution in [-0.2, 0) is 11.3 Å². The first-order chi connectivity index (χ1) is 10.6. The normalized spacial score (nSPS) is 11.6. The summed E-state index contributed by atoms with van der Waals surface area (Å²) in [6.45, 7) is 4.58. The van der Waals surface area contributed by atoms with Crippen LogP contribution in [0.25, 0.3) is 0 Å². The highest BCUT2D eigenvalue weighted by Crippen LogP contribution is 2.09. The highest BCUT2D eigenvalue weighted by atomic mass is 16.4. The number of aliphatic carboxylic acids is 1. The van der Waals surface area contributed by atoms with Gasteiger partial charge in [0.1, 0.15) is 12.4 Å². The minimum atomic E-state index is -1.44. The second-order valence-electron chi connectivity index (χ2n) is 5.67. The lowest BCUT2D eigenvalue weighted by molar-refractivity contribution is -0.696. The Hall–Kier alpha value is -1.36. The van der Waals surface area contributed by atoms with E-state index in [2.05, 4.69) is 22.7 Å². The maximum absolute atomic E-state index is 9.34. The van der Waals surface area contributed by atoms with Crippen LogP contribution in [-0.4, -0.2) is 22.2 Å². The number of carbonyl (C=O) groups is 1. The molecule has 0 saturated carbocycles. The number of aliphatic hydroxyl groups excluding tert-OH is 1. The molecule has 0 spiro atoms. The van der Waals surface area contributed by atoms with Crippen LogP contribution >= 0.6 is 0 Å². The van der Waals surface area contributed by atoms with E-state index in [-0.39, 0.29) is 0 Å². The first-order valence-electron chi connectivity index (χ1n) is 8.48. The minimum Gasteiger partial charge on any atom is -0.547 e. The number of hydrogen-bond acceptors (Lipinski definition) is 3. The number of unbranched alkanes of at least 4 members (excludes halogenated alkanes) is 8. The summed E-state index contributed by atoms with van der Waals surface area (Å²) in [5, 5.41) is 17.3. The Labute approximate surface area is 134 Å². The number of aliphatic hydroxyl groups is 1. The maximum atomic E-state index is 9.34. The predicted molar refractivity (Wildman–Crippen MR) is 84.9 cm³/mol. The van der Waals surface area contributed by atoms with Gasteiger partial charge in [0.25, 0.3) is 0 Å². The fourth-order valence-electron chi connectivity index (χ4n) is 2.06. The minimum absolute atomic E-state index is 1.13. The van der Waals surface area contributed by atoms with Crippen molar-refractivity contribution in [2.75, 3.05) is 0 Å². The number of rotatable bonds is 11. The highest BCUT2D eigenvalue weighted by Gasteiger charge is 1.96. The van der Waals surface area contributed by atoms with Crippen molar-refractivity contribution in [1.29, 1.82) is 0 Å². The summed E-state index contributed by atoms with van der Waals surface area (Å²) in [4.78, 5) is 12.4. The zero-order chi connectivity index (χ0) is 16.6. The third-order valence-electron chi connectivity index (χ3n) is 3.46. The summed E-state index contributed by atoms with van der Waals surface area (Å²) in [6, 6.07) is 0. The number of nitrogens with zero attached hydrogens (tertiary/aromatic N) is 1. The van der Waals surface area contributed by atoms with Gasteiger partial charge >= 0.3 is 0 Å². The van der Waals surface area contributed by atoms with Gasteiger partial charge in [-0.15, -0.1) is 0 Å². The van der Waals surface area contributed by atoms with Gasteiger partial charge < -0.3 is 15.0 Å². The van der Waals surface area contributed by atoms with Crippen LogP contribution in [0.2, 0.25) is 0 Å². The first kappa shape index (κ1) is 20.6. The number of H-pyrrole nitrogens is 1. The number of aryl methyl sites for hydroxylation is 1. The van der Waals surface area contributed by atoms with Crippen molar-refractivity contribution >= 4 is 5.97 Å². The number of hydrogen-bond donors (Lipinski definition) is 2. The van der Waals surface area contributed by atoms with Crippen molar-refractivity contribution in [3.8, 4) is 0 Å². The Morgan fingerprint density at radius 3 is 2.05 bits per heavy atom. The summed E-state index contributed by atoms with van der Waals surface area (Å²) in [5.74, 6) is -1.44. The summed E-state index contributed by atoms with van der Waals surface area (Å²) in [7, 11) is 0. The van der Waals surface area contributed by atoms with Crippen LogP contribution in [0.3, 0.4) is 0 Å². The number of nitrogens with one attached hydrogen (secondary N) is 1. The molecular weight excluding hydrogens is 280 g/mol. The molecule has 5 heteroatoms. The van der Waals surface area contributed by atoms with Gasteiger partial charge in [0.05, 0.1) is 18.6 Å². The fraction of sp³-hybridized carbons (Fsp3) is 0.765. The number of aromatic nitrogens is 2. The molecule has 0 amide bonds. The second kappa shape index (κ2) is 14.6. The molecule has 1 aromatic heterocycles. The lowest BCUT2D eigenvalue weighted by Crippen LogP contribution is -2.32. The molecule has 5 nitrogen and oxygen atoms in total. The molecule has 0 saturated heterocycles. The van der Waals surface area contributed by atoms with E-state index in [0.29, 0.717) is 0 Å². The molecule has 1 rings (SSSR count). The average Bonchev–Trinajstić information content (AvgIpc) is 2.99. The SMILES string of the molecule is CC(O)C(=O)[O-].CCCCCCCCCCC[n+]1cc[nH]c1. The van der Waals surface area contributed by atoms with Crippen LogP contribution in [0, 0.1) is 0 Å². The fourth-order valence-corrected chi connectivity index (χ4v) is 2.06. The van der Waals surface area contributed by atoms with Gasteiger partial charge in [0.15, 0.2) is 0 Å². The summed E-state index contributed by atoms with van der Waals surface area (Å²) in [6.07, 6.45) is 17.4. The molecule has 0 radical (unpaired) electrons. The van der Waals surface area contributed by atoms with Crippen molar-refractivity contribution in [2.24, 2.45) is 0 Å². The Morgan fingerprint density at radius 2 is 1.64 bits per heavy atom. The van der Waals surface area contributed by atoms with Gasteiger partial charge in [-0.1, -0.05) is 51.9 Å². The molecule has 0 aliphatic rings. The van der Waals surface area contributed by atoms with Gasteiger partial charge in [0.2, 0.25) is 6.33 Å². The highest BCUT2D eigenvalue weighted by molar-refractivity contribution is 5.68. The quantitative estimate of drug-likeness (QED) is 0.484. The van der Waals surface area contributed by atoms with Gasteiger partial charge in [-0.3, -0.25) is 4.98 Å². The largest absolute Gasteiger partial charge is 0.547 e. The van der Waals surface area contributed by atoms with Gasteiger partial charge in [-0.25, -0.2) is 4.57 Å². The zero-order valence-electron chi connectivity index (χ0n) is 14.1. The van der Waals surface area contributed by atoms with E-state index in [1.807, 2.05) is 12.5 Å². The van der Waals surface area contributed by atoms with Gasteiger partial charge in [-0.05, 0) is 19.8 Å². The first-order valence-corrected chi connectivity index (χ1v) is 8.48. The van der Waals surface area contributed by atoms with Crippen molar-refractivity contribution in [3.63, 3.8) is 0 Å². The van der Waals surface area contributed by atoms with E-state index < -0.39 is 12.1 Å². The average molecular weight is 312 g/mol. The maximum Gasteiger partial charge on any atom is 0.241 e. The van der Waals surface area contributed by atoms with Crippen LogP contribution in [0.5, 0.6) is 0 Å². The molecule has 0 aromatic carbocycles. The molecule has 0 fully saturated rings. The van der Waals surface area contributed by atoms with Gasteiger partial charge in [-0.2, -0.15) is 0 Å². The smallest absolute Gasteiger partial charge is 0.241 e. The standard InChI is InChI=1S/C14H26N2.C3H6O3/c1-2-3-4-5-6-7-8-9-10-12-16-13-11-15-14-16;1-2(4)3(5)6/h11,13-14H,2-10,12H2,1H3;2,4H,1H3,(H,5,6). The Balaban J connectivity index is 0.000000626. The van der Waals surface area contributed by atoms with Crippen molar-refractivity contribution in [1.82, 2.24) is 4.98 Å². The molecule has 22 heavy (non-hydrogen) atoms. The van der Waals surface area contributed by atoms with Crippen LogP contribution in [0.4, 0.5) is 0 Å². The predicted octanol–water partition coefficient (Wildman–Crippen LogP) is 1.95. The Morgan fingerprint density at radius 1 is 1.14 bits per heavy atom. The number of aromatic amines is 1. The molecule has 1 atom stereocenters. The van der Waals surface area contributed by atoms with Crippen molar-refractivity contribution < 1.29 is 19.6 Å². The number of imidazole rings is 1. The number of carboxylic acids is 1. The summed E-state index contributed by atoms with van der Waals surface area (Å²) < 4.78 is 2.22. The van der Waals surface area contributed by atoms with Crippen molar-refractivity contribution in [2.45, 2.75) is 84.3 Å². The van der Waals surface area contributed by atoms with Crippen LogP contribution in [0.15, 0.2) is 18.7 Å². The van der Waals surface area contributed by atoms with Crippen molar-refractivity contribution in [3.05, 3.63) is 18.7 Å². The lowest BCUT2D eigenvalue weighted by Gasteiger charge is -2.00. The topological polar surface area (TPSA) is 80.0 Å². The molecular formula is C17H32N2O3. The Bertz CT molecular complexity index is 351. The number of carbonyl (C=O) groups excluding carboxylic acids is 1. The van der Waals surface area contributed by atoms with E-state index in [1.54, 1.807) is 0 Å². The van der Waals surface area contributed by atoms with Crippen LogP contribution < -0.4 is 9.67 Å². The second-order valence-corrected chi connectivity index (χ2v) is 5.67. The third-order valence-corrected chi connectivity index (χ3v) is 3.46. The van der Waals surface area contributed by atoms with Gasteiger partial charge in [0, 0.05) is 0 Å². The molecule has 0 bridgehead atoms. The Kier molecular flexibility index (Phi) is 13.7. The molecule has 2 N–H and O–H groups in total. The molecule has 1 unspecified atom stereocenters. The monoisotopic (exact) mass is 312 g/mol. The number of carboxylic acid groups (broad SMARTS) is 1. The lowest BCUT2D eigenvalue weighted by atomic mass is 10.1. The molecule has 128 valence electrons. The molecule has 1 heterocycles. The van der Waals surface area contributed by atoms with E-state index in [4.69, 9.17) is 5.11 Å². The zero-order valence-corrected chi connectivity index (χ0v) is 14.1. The summed E-state index contributed by atoms with van der Waals surface area (Å²) in [5.41, 5.74) is 0. The van der Waals surface area contributed by atoms with E-state index in [0.717, 1.165) is 6.92 Å². The van der Waals surface area contributed by atoms with Crippen LogP contribution in [0.1, 0.15) is 71.6 Å². The third kappa shape index (κ3) is 13.6. The van der Waals surface area contributed by atoms with E-state index >= 15 is 0 Å². The van der Waals surface area contributed by atoms with E-state index in [1.165, 1.54) is 64.3 Å². The van der Waals surface area contributed by atoms with E-state index in [9.17, 15) is 9.90 Å².